The second-order valence-electron chi connectivity index (χ2n) is 5.44. The molecule has 118 valence electrons. The monoisotopic (exact) mass is 300 g/mol. The van der Waals surface area contributed by atoms with Crippen LogP contribution >= 0.6 is 0 Å². The van der Waals surface area contributed by atoms with Gasteiger partial charge in [-0.15, -0.1) is 0 Å². The standard InChI is InChI=1S/C15H22F2N2O2/c1-9(2)19(8-10(3)20)15(21)18-11(4)12-5-6-13(16)14(17)7-12/h5-7,9-11,20H,8H2,1-4H3,(H,18,21). The number of aliphatic hydroxyl groups excluding tert-OH is 1. The Morgan fingerprint density at radius 1 is 1.24 bits per heavy atom. The number of amides is 2. The third-order valence-electron chi connectivity index (χ3n) is 3.13. The first-order valence-corrected chi connectivity index (χ1v) is 6.92. The van der Waals surface area contributed by atoms with Crippen LogP contribution in [0.4, 0.5) is 13.6 Å². The fourth-order valence-electron chi connectivity index (χ4n) is 1.95. The van der Waals surface area contributed by atoms with E-state index in [9.17, 15) is 18.7 Å². The Hall–Kier alpha value is -1.69. The molecule has 4 nitrogen and oxygen atoms in total. The summed E-state index contributed by atoms with van der Waals surface area (Å²) in [7, 11) is 0. The largest absolute Gasteiger partial charge is 0.392 e. The van der Waals surface area contributed by atoms with Gasteiger partial charge in [0.25, 0.3) is 0 Å². The van der Waals surface area contributed by atoms with Crippen molar-refractivity contribution in [3.8, 4) is 0 Å². The molecule has 2 unspecified atom stereocenters. The molecule has 1 aromatic carbocycles. The Kier molecular flexibility index (Phi) is 6.08. The van der Waals surface area contributed by atoms with Crippen LogP contribution < -0.4 is 5.32 Å². The van der Waals surface area contributed by atoms with E-state index in [0.717, 1.165) is 12.1 Å². The second kappa shape index (κ2) is 7.36. The van der Waals surface area contributed by atoms with Gasteiger partial charge in [0.05, 0.1) is 12.1 Å². The summed E-state index contributed by atoms with van der Waals surface area (Å²) < 4.78 is 26.1. The number of aliphatic hydroxyl groups is 1. The van der Waals surface area contributed by atoms with Crippen molar-refractivity contribution in [3.05, 3.63) is 35.4 Å². The molecule has 21 heavy (non-hydrogen) atoms. The van der Waals surface area contributed by atoms with Crippen molar-refractivity contribution in [1.29, 1.82) is 0 Å². The van der Waals surface area contributed by atoms with Crippen LogP contribution in [0.5, 0.6) is 0 Å². The molecule has 2 amide bonds. The van der Waals surface area contributed by atoms with Crippen molar-refractivity contribution in [1.82, 2.24) is 10.2 Å². The first kappa shape index (κ1) is 17.4. The van der Waals surface area contributed by atoms with Crippen molar-refractivity contribution in [3.63, 3.8) is 0 Å². The molecule has 0 radical (unpaired) electrons. The number of urea groups is 1. The summed E-state index contributed by atoms with van der Waals surface area (Å²) in [6.45, 7) is 7.16. The summed E-state index contributed by atoms with van der Waals surface area (Å²) in [5, 5.41) is 12.1. The Bertz CT molecular complexity index is 493. The van der Waals surface area contributed by atoms with Crippen LogP contribution in [0, 0.1) is 11.6 Å². The molecular formula is C15H22F2N2O2. The van der Waals surface area contributed by atoms with Crippen molar-refractivity contribution in [2.45, 2.75) is 45.9 Å². The summed E-state index contributed by atoms with van der Waals surface area (Å²) in [5.41, 5.74) is 0.475. The maximum Gasteiger partial charge on any atom is 0.318 e. The lowest BCUT2D eigenvalue weighted by Crippen LogP contribution is -2.47. The minimum Gasteiger partial charge on any atom is -0.392 e. The summed E-state index contributed by atoms with van der Waals surface area (Å²) in [6.07, 6.45) is -0.642. The van der Waals surface area contributed by atoms with Crippen LogP contribution in [0.2, 0.25) is 0 Å². The summed E-state index contributed by atoms with van der Waals surface area (Å²) >= 11 is 0. The molecule has 0 aromatic heterocycles. The maximum atomic E-state index is 13.2. The molecule has 0 aliphatic heterocycles. The minimum absolute atomic E-state index is 0.0863. The number of carbonyl (C=O) groups is 1. The van der Waals surface area contributed by atoms with Crippen molar-refractivity contribution < 1.29 is 18.7 Å². The van der Waals surface area contributed by atoms with Gasteiger partial charge < -0.3 is 15.3 Å². The smallest absolute Gasteiger partial charge is 0.318 e. The van der Waals surface area contributed by atoms with Crippen LogP contribution in [-0.2, 0) is 0 Å². The van der Waals surface area contributed by atoms with E-state index >= 15 is 0 Å². The molecular weight excluding hydrogens is 278 g/mol. The quantitative estimate of drug-likeness (QED) is 0.878. The van der Waals surface area contributed by atoms with Crippen LogP contribution in [0.3, 0.4) is 0 Å². The second-order valence-corrected chi connectivity index (χ2v) is 5.44. The lowest BCUT2D eigenvalue weighted by Gasteiger charge is -2.29. The number of rotatable bonds is 5. The Labute approximate surface area is 123 Å². The van der Waals surface area contributed by atoms with E-state index in [1.807, 2.05) is 13.8 Å². The van der Waals surface area contributed by atoms with E-state index in [2.05, 4.69) is 5.32 Å². The third kappa shape index (κ3) is 4.97. The van der Waals surface area contributed by atoms with E-state index in [1.54, 1.807) is 13.8 Å². The van der Waals surface area contributed by atoms with Gasteiger partial charge in [0, 0.05) is 12.6 Å². The average molecular weight is 300 g/mol. The van der Waals surface area contributed by atoms with Crippen LogP contribution in [0.1, 0.15) is 39.3 Å². The topological polar surface area (TPSA) is 52.6 Å². The number of benzene rings is 1. The molecule has 0 saturated heterocycles. The lowest BCUT2D eigenvalue weighted by atomic mass is 10.1. The van der Waals surface area contributed by atoms with E-state index in [1.165, 1.54) is 11.0 Å². The highest BCUT2D eigenvalue weighted by atomic mass is 19.2. The zero-order valence-electron chi connectivity index (χ0n) is 12.7. The van der Waals surface area contributed by atoms with Crippen LogP contribution in [0.15, 0.2) is 18.2 Å². The van der Waals surface area contributed by atoms with Gasteiger partial charge in [-0.05, 0) is 45.4 Å². The normalized spacial score (nSPS) is 13.9. The van der Waals surface area contributed by atoms with Gasteiger partial charge in [-0.25, -0.2) is 13.6 Å². The molecule has 0 spiro atoms. The molecule has 0 saturated carbocycles. The fourth-order valence-corrected chi connectivity index (χ4v) is 1.95. The Balaban J connectivity index is 2.77. The molecule has 2 atom stereocenters. The van der Waals surface area contributed by atoms with E-state index in [0.29, 0.717) is 5.56 Å². The van der Waals surface area contributed by atoms with E-state index in [-0.39, 0.29) is 18.6 Å². The van der Waals surface area contributed by atoms with Gasteiger partial charge in [-0.2, -0.15) is 0 Å². The first-order chi connectivity index (χ1) is 9.72. The average Bonchev–Trinajstić information content (AvgIpc) is 2.38. The molecule has 6 heteroatoms. The number of halogens is 2. The van der Waals surface area contributed by atoms with Gasteiger partial charge >= 0.3 is 6.03 Å². The van der Waals surface area contributed by atoms with Crippen molar-refractivity contribution in [2.75, 3.05) is 6.54 Å². The first-order valence-electron chi connectivity index (χ1n) is 6.92. The Morgan fingerprint density at radius 3 is 2.33 bits per heavy atom. The number of hydrogen-bond donors (Lipinski definition) is 2. The predicted octanol–water partition coefficient (Wildman–Crippen LogP) is 2.83. The summed E-state index contributed by atoms with van der Waals surface area (Å²) in [6, 6.07) is 2.61. The van der Waals surface area contributed by atoms with Crippen molar-refractivity contribution >= 4 is 6.03 Å². The van der Waals surface area contributed by atoms with E-state index in [4.69, 9.17) is 0 Å². The van der Waals surface area contributed by atoms with E-state index < -0.39 is 23.8 Å². The van der Waals surface area contributed by atoms with Crippen LogP contribution in [-0.4, -0.2) is 34.7 Å². The highest BCUT2D eigenvalue weighted by Gasteiger charge is 2.21. The zero-order chi connectivity index (χ0) is 16.2. The maximum absolute atomic E-state index is 13.2. The molecule has 0 aliphatic carbocycles. The van der Waals surface area contributed by atoms with Gasteiger partial charge in [0.1, 0.15) is 0 Å². The van der Waals surface area contributed by atoms with Crippen LogP contribution in [0.25, 0.3) is 0 Å². The molecule has 0 aliphatic rings. The highest BCUT2D eigenvalue weighted by molar-refractivity contribution is 5.75. The fraction of sp³-hybridized carbons (Fsp3) is 0.533. The minimum atomic E-state index is -0.946. The predicted molar refractivity (Wildman–Crippen MR) is 76.8 cm³/mol. The number of hydrogen-bond acceptors (Lipinski definition) is 2. The van der Waals surface area contributed by atoms with Gasteiger partial charge in [-0.3, -0.25) is 0 Å². The molecule has 0 fully saturated rings. The molecule has 0 heterocycles. The third-order valence-corrected chi connectivity index (χ3v) is 3.13. The SMILES string of the molecule is CC(O)CN(C(=O)NC(C)c1ccc(F)c(F)c1)C(C)C. The lowest BCUT2D eigenvalue weighted by molar-refractivity contribution is 0.117. The van der Waals surface area contributed by atoms with Crippen molar-refractivity contribution in [2.24, 2.45) is 0 Å². The highest BCUT2D eigenvalue weighted by Crippen LogP contribution is 2.16. The molecule has 1 rings (SSSR count). The molecule has 2 N–H and O–H groups in total. The molecule has 0 bridgehead atoms. The summed E-state index contributed by atoms with van der Waals surface area (Å²) in [4.78, 5) is 13.7. The molecule has 1 aromatic rings. The van der Waals surface area contributed by atoms with Gasteiger partial charge in [-0.1, -0.05) is 6.07 Å². The number of nitrogens with one attached hydrogen (secondary N) is 1. The zero-order valence-corrected chi connectivity index (χ0v) is 12.7. The number of carbonyl (C=O) groups excluding carboxylic acids is 1. The summed E-state index contributed by atoms with van der Waals surface area (Å²) in [5.74, 6) is -1.87. The number of nitrogens with zero attached hydrogens (tertiary/aromatic N) is 1. The van der Waals surface area contributed by atoms with Gasteiger partial charge in [0.15, 0.2) is 11.6 Å². The Morgan fingerprint density at radius 2 is 1.86 bits per heavy atom. The van der Waals surface area contributed by atoms with Gasteiger partial charge in [0.2, 0.25) is 0 Å².